The molecule has 0 saturated heterocycles. The Bertz CT molecular complexity index is 317. The highest BCUT2D eigenvalue weighted by atomic mass is 32.2. The summed E-state index contributed by atoms with van der Waals surface area (Å²) in [7, 11) is -1.87. The van der Waals surface area contributed by atoms with Crippen molar-refractivity contribution in [1.82, 2.24) is 9.03 Å². The van der Waals surface area contributed by atoms with Gasteiger partial charge in [0, 0.05) is 19.1 Å². The van der Waals surface area contributed by atoms with Crippen molar-refractivity contribution in [1.29, 1.82) is 0 Å². The Morgan fingerprint density at radius 1 is 1.19 bits per heavy atom. The molecule has 0 unspecified atom stereocenters. The van der Waals surface area contributed by atoms with Crippen molar-refractivity contribution >= 4 is 10.2 Å². The molecule has 5 nitrogen and oxygen atoms in total. The molecule has 0 atom stereocenters. The number of nitrogens with one attached hydrogen (secondary N) is 1. The van der Waals surface area contributed by atoms with Crippen LogP contribution in [0.15, 0.2) is 0 Å². The molecular formula is C10H25N3O2S. The molecule has 0 amide bonds. The summed E-state index contributed by atoms with van der Waals surface area (Å²) in [6.07, 6.45) is 0. The summed E-state index contributed by atoms with van der Waals surface area (Å²) in [4.78, 5) is 0. The highest BCUT2D eigenvalue weighted by Gasteiger charge is 2.28. The molecule has 0 bridgehead atoms. The van der Waals surface area contributed by atoms with Crippen molar-refractivity contribution in [2.24, 2.45) is 11.1 Å². The first kappa shape index (κ1) is 15.8. The smallest absolute Gasteiger partial charge is 0.279 e. The zero-order chi connectivity index (χ0) is 13.2. The highest BCUT2D eigenvalue weighted by molar-refractivity contribution is 7.87. The number of nitrogens with two attached hydrogens (primary N) is 1. The maximum absolute atomic E-state index is 11.9. The standard InChI is InChI=1S/C10H25N3O2S/c1-9(2,3)12-16(14,15)13(6)8-10(4,5)7-11/h12H,7-8,11H2,1-6H3. The second-order valence-electron chi connectivity index (χ2n) is 5.98. The van der Waals surface area contributed by atoms with Gasteiger partial charge < -0.3 is 5.73 Å². The van der Waals surface area contributed by atoms with Crippen LogP contribution in [0.1, 0.15) is 34.6 Å². The van der Waals surface area contributed by atoms with E-state index in [1.54, 1.807) is 7.05 Å². The largest absolute Gasteiger partial charge is 0.330 e. The van der Waals surface area contributed by atoms with E-state index in [1.807, 2.05) is 34.6 Å². The lowest BCUT2D eigenvalue weighted by molar-refractivity contribution is 0.286. The molecule has 0 rings (SSSR count). The Labute approximate surface area is 99.6 Å². The first-order valence-corrected chi connectivity index (χ1v) is 6.79. The van der Waals surface area contributed by atoms with E-state index >= 15 is 0 Å². The molecular weight excluding hydrogens is 226 g/mol. The number of nitrogens with zero attached hydrogens (tertiary/aromatic N) is 1. The summed E-state index contributed by atoms with van der Waals surface area (Å²) in [5, 5.41) is 0. The zero-order valence-electron chi connectivity index (χ0n) is 11.2. The van der Waals surface area contributed by atoms with Crippen LogP contribution in [0, 0.1) is 5.41 Å². The fourth-order valence-corrected chi connectivity index (χ4v) is 2.67. The average Bonchev–Trinajstić information content (AvgIpc) is 1.99. The normalized spacial score (nSPS) is 14.5. The minimum Gasteiger partial charge on any atom is -0.330 e. The van der Waals surface area contributed by atoms with E-state index in [0.29, 0.717) is 13.1 Å². The molecule has 0 aliphatic rings. The van der Waals surface area contributed by atoms with Crippen molar-refractivity contribution < 1.29 is 8.42 Å². The molecule has 0 aromatic heterocycles. The number of hydrogen-bond acceptors (Lipinski definition) is 3. The summed E-state index contributed by atoms with van der Waals surface area (Å²) >= 11 is 0. The van der Waals surface area contributed by atoms with E-state index < -0.39 is 15.7 Å². The van der Waals surface area contributed by atoms with Gasteiger partial charge in [-0.3, -0.25) is 0 Å². The van der Waals surface area contributed by atoms with Gasteiger partial charge in [0.25, 0.3) is 10.2 Å². The third-order valence-electron chi connectivity index (χ3n) is 2.05. The minimum atomic E-state index is -3.43. The minimum absolute atomic E-state index is 0.221. The molecule has 0 aliphatic heterocycles. The summed E-state index contributed by atoms with van der Waals surface area (Å²) in [6.45, 7) is 10.2. The Kier molecular flexibility index (Phi) is 4.94. The van der Waals surface area contributed by atoms with Gasteiger partial charge in [-0.25, -0.2) is 0 Å². The van der Waals surface area contributed by atoms with Gasteiger partial charge in [-0.2, -0.15) is 17.4 Å². The van der Waals surface area contributed by atoms with Crippen LogP contribution in [0.25, 0.3) is 0 Å². The van der Waals surface area contributed by atoms with E-state index in [1.165, 1.54) is 4.31 Å². The van der Waals surface area contributed by atoms with Crippen LogP contribution in [-0.4, -0.2) is 38.4 Å². The molecule has 98 valence electrons. The third-order valence-corrected chi connectivity index (χ3v) is 3.87. The van der Waals surface area contributed by atoms with E-state index in [0.717, 1.165) is 0 Å². The first-order valence-electron chi connectivity index (χ1n) is 5.35. The molecule has 6 heteroatoms. The molecule has 0 aromatic carbocycles. The molecule has 0 heterocycles. The van der Waals surface area contributed by atoms with Gasteiger partial charge in [0.1, 0.15) is 0 Å². The van der Waals surface area contributed by atoms with E-state index in [-0.39, 0.29) is 5.41 Å². The molecule has 0 aliphatic carbocycles. The van der Waals surface area contributed by atoms with Crippen LogP contribution in [0.4, 0.5) is 0 Å². The molecule has 0 spiro atoms. The van der Waals surface area contributed by atoms with Gasteiger partial charge >= 0.3 is 0 Å². The van der Waals surface area contributed by atoms with Crippen LogP contribution < -0.4 is 10.5 Å². The first-order chi connectivity index (χ1) is 6.90. The van der Waals surface area contributed by atoms with E-state index in [4.69, 9.17) is 5.73 Å². The van der Waals surface area contributed by atoms with E-state index in [9.17, 15) is 8.42 Å². The van der Waals surface area contributed by atoms with Gasteiger partial charge in [-0.15, -0.1) is 0 Å². The van der Waals surface area contributed by atoms with E-state index in [2.05, 4.69) is 4.72 Å². The number of hydrogen-bond donors (Lipinski definition) is 2. The average molecular weight is 251 g/mol. The van der Waals surface area contributed by atoms with Crippen LogP contribution in [-0.2, 0) is 10.2 Å². The number of rotatable bonds is 5. The molecule has 0 radical (unpaired) electrons. The van der Waals surface area contributed by atoms with Gasteiger partial charge in [-0.05, 0) is 32.7 Å². The highest BCUT2D eigenvalue weighted by Crippen LogP contribution is 2.16. The van der Waals surface area contributed by atoms with Crippen molar-refractivity contribution in [3.05, 3.63) is 0 Å². The quantitative estimate of drug-likeness (QED) is 0.748. The lowest BCUT2D eigenvalue weighted by Gasteiger charge is -2.31. The summed E-state index contributed by atoms with van der Waals surface area (Å²) in [5.74, 6) is 0. The maximum atomic E-state index is 11.9. The van der Waals surface area contributed by atoms with Gasteiger partial charge in [0.15, 0.2) is 0 Å². The lowest BCUT2D eigenvalue weighted by atomic mass is 9.94. The van der Waals surface area contributed by atoms with Crippen LogP contribution >= 0.6 is 0 Å². The van der Waals surface area contributed by atoms with Crippen LogP contribution in [0.2, 0.25) is 0 Å². The summed E-state index contributed by atoms with van der Waals surface area (Å²) in [5.41, 5.74) is 4.89. The predicted octanol–water partition coefficient (Wildman–Crippen LogP) is 0.536. The molecule has 3 N–H and O–H groups in total. The summed E-state index contributed by atoms with van der Waals surface area (Å²) < 4.78 is 27.7. The van der Waals surface area contributed by atoms with Crippen molar-refractivity contribution in [3.63, 3.8) is 0 Å². The molecule has 0 saturated carbocycles. The molecule has 0 aromatic rings. The van der Waals surface area contributed by atoms with Crippen LogP contribution in [0.5, 0.6) is 0 Å². The van der Waals surface area contributed by atoms with Crippen molar-refractivity contribution in [3.8, 4) is 0 Å². The topological polar surface area (TPSA) is 75.4 Å². The Balaban J connectivity index is 4.67. The Morgan fingerprint density at radius 2 is 1.62 bits per heavy atom. The Morgan fingerprint density at radius 3 is 1.94 bits per heavy atom. The third kappa shape index (κ3) is 5.79. The SMILES string of the molecule is CN(CC(C)(C)CN)S(=O)(=O)NC(C)(C)C. The van der Waals surface area contributed by atoms with Crippen LogP contribution in [0.3, 0.4) is 0 Å². The van der Waals surface area contributed by atoms with Gasteiger partial charge in [0.05, 0.1) is 0 Å². The Hall–Kier alpha value is -0.170. The fraction of sp³-hybridized carbons (Fsp3) is 1.00. The fourth-order valence-electron chi connectivity index (χ4n) is 1.22. The summed E-state index contributed by atoms with van der Waals surface area (Å²) in [6, 6.07) is 0. The second-order valence-corrected chi connectivity index (χ2v) is 7.76. The molecule has 16 heavy (non-hydrogen) atoms. The zero-order valence-corrected chi connectivity index (χ0v) is 12.0. The monoisotopic (exact) mass is 251 g/mol. The van der Waals surface area contributed by atoms with Crippen molar-refractivity contribution in [2.75, 3.05) is 20.1 Å². The lowest BCUT2D eigenvalue weighted by Crippen LogP contribution is -2.50. The van der Waals surface area contributed by atoms with Gasteiger partial charge in [-0.1, -0.05) is 13.8 Å². The predicted molar refractivity (Wildman–Crippen MR) is 67.3 cm³/mol. The van der Waals surface area contributed by atoms with Crippen molar-refractivity contribution in [2.45, 2.75) is 40.2 Å². The van der Waals surface area contributed by atoms with Gasteiger partial charge in [0.2, 0.25) is 0 Å². The second kappa shape index (κ2) is 5.00. The maximum Gasteiger partial charge on any atom is 0.279 e. The molecule has 0 fully saturated rings.